The van der Waals surface area contributed by atoms with Gasteiger partial charge in [-0.25, -0.2) is 14.4 Å². The van der Waals surface area contributed by atoms with E-state index in [1.807, 2.05) is 6.92 Å². The summed E-state index contributed by atoms with van der Waals surface area (Å²) in [4.78, 5) is 8.68. The van der Waals surface area contributed by atoms with Crippen LogP contribution in [0.2, 0.25) is 0 Å². The quantitative estimate of drug-likeness (QED) is 0.828. The number of ether oxygens (including phenoxy) is 1. The van der Waals surface area contributed by atoms with Gasteiger partial charge in [0, 0.05) is 24.2 Å². The smallest absolute Gasteiger partial charge is 0.158 e. The molecule has 0 aliphatic rings. The molecule has 0 aliphatic heterocycles. The van der Waals surface area contributed by atoms with Crippen LogP contribution in [0.1, 0.15) is 12.7 Å². The van der Waals surface area contributed by atoms with Crippen LogP contribution in [0.15, 0.2) is 28.7 Å². The van der Waals surface area contributed by atoms with E-state index in [-0.39, 0.29) is 5.82 Å². The molecule has 0 amide bonds. The summed E-state index contributed by atoms with van der Waals surface area (Å²) in [6, 6.07) is 6.19. The van der Waals surface area contributed by atoms with Gasteiger partial charge in [0.25, 0.3) is 0 Å². The number of halogens is 2. The third-order valence-corrected chi connectivity index (χ3v) is 3.31. The Hall–Kier alpha value is -1.73. The van der Waals surface area contributed by atoms with E-state index in [0.717, 1.165) is 5.69 Å². The van der Waals surface area contributed by atoms with Crippen molar-refractivity contribution in [2.75, 3.05) is 24.3 Å². The fourth-order valence-electron chi connectivity index (χ4n) is 1.68. The van der Waals surface area contributed by atoms with Crippen molar-refractivity contribution >= 4 is 33.3 Å². The molecule has 1 aromatic heterocycles. The molecule has 2 rings (SSSR count). The molecule has 0 fully saturated rings. The third-order valence-electron chi connectivity index (χ3n) is 2.66. The molecule has 0 bridgehead atoms. The van der Waals surface area contributed by atoms with Crippen LogP contribution in [0.5, 0.6) is 0 Å². The largest absolute Gasteiger partial charge is 0.374 e. The minimum atomic E-state index is -0.303. The second kappa shape index (κ2) is 7.33. The second-order valence-corrected chi connectivity index (χ2v) is 5.05. The highest BCUT2D eigenvalue weighted by atomic mass is 79.9. The van der Waals surface area contributed by atoms with Gasteiger partial charge in [0.05, 0.1) is 5.69 Å². The molecule has 1 aromatic carbocycles. The number of benzene rings is 1. The number of aromatic nitrogens is 2. The van der Waals surface area contributed by atoms with E-state index in [9.17, 15) is 4.39 Å². The summed E-state index contributed by atoms with van der Waals surface area (Å²) in [5, 5.41) is 6.11. The predicted octanol–water partition coefficient (Wildman–Crippen LogP) is 3.70. The van der Waals surface area contributed by atoms with Gasteiger partial charge < -0.3 is 15.4 Å². The molecule has 0 unspecified atom stereocenters. The van der Waals surface area contributed by atoms with Gasteiger partial charge in [-0.15, -0.1) is 0 Å². The van der Waals surface area contributed by atoms with Crippen molar-refractivity contribution in [2.45, 2.75) is 13.5 Å². The lowest BCUT2D eigenvalue weighted by atomic mass is 10.3. The van der Waals surface area contributed by atoms with Crippen LogP contribution >= 0.6 is 15.9 Å². The van der Waals surface area contributed by atoms with Crippen molar-refractivity contribution in [3.8, 4) is 0 Å². The molecule has 7 heteroatoms. The lowest BCUT2D eigenvalue weighted by molar-refractivity contribution is 0.128. The van der Waals surface area contributed by atoms with Crippen molar-refractivity contribution in [1.82, 2.24) is 9.97 Å². The third kappa shape index (κ3) is 4.37. The molecule has 0 saturated carbocycles. The summed E-state index contributed by atoms with van der Waals surface area (Å²) in [6.07, 6.45) is 0. The average molecular weight is 355 g/mol. The highest BCUT2D eigenvalue weighted by molar-refractivity contribution is 9.10. The van der Waals surface area contributed by atoms with E-state index < -0.39 is 0 Å². The van der Waals surface area contributed by atoms with E-state index in [0.29, 0.717) is 35.1 Å². The van der Waals surface area contributed by atoms with E-state index in [1.165, 1.54) is 12.1 Å². The summed E-state index contributed by atoms with van der Waals surface area (Å²) in [6.45, 7) is 2.85. The monoisotopic (exact) mass is 354 g/mol. The Kier molecular flexibility index (Phi) is 5.46. The fourth-order valence-corrected chi connectivity index (χ4v) is 2.13. The topological polar surface area (TPSA) is 59.1 Å². The van der Waals surface area contributed by atoms with Gasteiger partial charge in [-0.3, -0.25) is 0 Å². The molecular formula is C14H16BrFN4O. The van der Waals surface area contributed by atoms with E-state index >= 15 is 0 Å². The maximum atomic E-state index is 13.1. The van der Waals surface area contributed by atoms with E-state index in [1.54, 1.807) is 19.2 Å². The summed E-state index contributed by atoms with van der Waals surface area (Å²) < 4.78 is 19.0. The highest BCUT2D eigenvalue weighted by Gasteiger charge is 2.07. The minimum absolute atomic E-state index is 0.303. The standard InChI is InChI=1S/C14H16BrFN4O/c1-3-21-8-14-19-12(17-2)7-13(20-14)18-11-5-4-9(16)6-10(11)15/h4-7H,3,8H2,1-2H3,(H2,17,18,19,20). The maximum absolute atomic E-state index is 13.1. The number of nitrogens with zero attached hydrogens (tertiary/aromatic N) is 2. The van der Waals surface area contributed by atoms with Crippen molar-refractivity contribution < 1.29 is 9.13 Å². The first-order valence-corrected chi connectivity index (χ1v) is 7.27. The number of anilines is 3. The molecule has 0 spiro atoms. The fraction of sp³-hybridized carbons (Fsp3) is 0.286. The molecule has 2 N–H and O–H groups in total. The van der Waals surface area contributed by atoms with Gasteiger partial charge in [0.2, 0.25) is 0 Å². The normalized spacial score (nSPS) is 10.5. The first kappa shape index (κ1) is 15.7. The number of hydrogen-bond acceptors (Lipinski definition) is 5. The first-order chi connectivity index (χ1) is 10.1. The Morgan fingerprint density at radius 1 is 1.24 bits per heavy atom. The molecule has 1 heterocycles. The number of rotatable bonds is 6. The van der Waals surface area contributed by atoms with Crippen LogP contribution in [-0.4, -0.2) is 23.6 Å². The molecule has 0 atom stereocenters. The lowest BCUT2D eigenvalue weighted by Gasteiger charge is -2.11. The Labute approximate surface area is 131 Å². The Morgan fingerprint density at radius 3 is 2.67 bits per heavy atom. The maximum Gasteiger partial charge on any atom is 0.158 e. The number of nitrogens with one attached hydrogen (secondary N) is 2. The molecule has 0 radical (unpaired) electrons. The summed E-state index contributed by atoms with van der Waals surface area (Å²) in [5.74, 6) is 1.56. The van der Waals surface area contributed by atoms with Gasteiger partial charge in [-0.05, 0) is 41.1 Å². The SMILES string of the molecule is CCOCc1nc(NC)cc(Nc2ccc(F)cc2Br)n1. The zero-order chi connectivity index (χ0) is 15.2. The van der Waals surface area contributed by atoms with Crippen molar-refractivity contribution in [2.24, 2.45) is 0 Å². The van der Waals surface area contributed by atoms with E-state index in [4.69, 9.17) is 4.74 Å². The molecule has 21 heavy (non-hydrogen) atoms. The number of hydrogen-bond donors (Lipinski definition) is 2. The van der Waals surface area contributed by atoms with Gasteiger partial charge in [0.1, 0.15) is 24.1 Å². The summed E-state index contributed by atoms with van der Waals surface area (Å²) >= 11 is 3.31. The van der Waals surface area contributed by atoms with Gasteiger partial charge >= 0.3 is 0 Å². The molecule has 5 nitrogen and oxygen atoms in total. The molecule has 2 aromatic rings. The van der Waals surface area contributed by atoms with Crippen LogP contribution in [-0.2, 0) is 11.3 Å². The van der Waals surface area contributed by atoms with Gasteiger partial charge in [-0.2, -0.15) is 0 Å². The Balaban J connectivity index is 2.25. The van der Waals surface area contributed by atoms with Crippen LogP contribution in [0.25, 0.3) is 0 Å². The zero-order valence-corrected chi connectivity index (χ0v) is 13.4. The van der Waals surface area contributed by atoms with Crippen molar-refractivity contribution in [3.05, 3.63) is 40.4 Å². The van der Waals surface area contributed by atoms with Crippen LogP contribution < -0.4 is 10.6 Å². The predicted molar refractivity (Wildman–Crippen MR) is 84.3 cm³/mol. The minimum Gasteiger partial charge on any atom is -0.374 e. The lowest BCUT2D eigenvalue weighted by Crippen LogP contribution is -2.05. The second-order valence-electron chi connectivity index (χ2n) is 4.19. The van der Waals surface area contributed by atoms with Crippen LogP contribution in [0.3, 0.4) is 0 Å². The summed E-state index contributed by atoms with van der Waals surface area (Å²) in [5.41, 5.74) is 0.722. The Morgan fingerprint density at radius 2 is 2.00 bits per heavy atom. The van der Waals surface area contributed by atoms with Gasteiger partial charge in [0.15, 0.2) is 5.82 Å². The molecule has 0 aliphatic carbocycles. The molecular weight excluding hydrogens is 339 g/mol. The molecule has 0 saturated heterocycles. The molecule has 112 valence electrons. The van der Waals surface area contributed by atoms with Crippen molar-refractivity contribution in [3.63, 3.8) is 0 Å². The first-order valence-electron chi connectivity index (χ1n) is 6.48. The van der Waals surface area contributed by atoms with Crippen molar-refractivity contribution in [1.29, 1.82) is 0 Å². The highest BCUT2D eigenvalue weighted by Crippen LogP contribution is 2.26. The van der Waals surface area contributed by atoms with Crippen LogP contribution in [0.4, 0.5) is 21.7 Å². The van der Waals surface area contributed by atoms with Crippen LogP contribution in [0, 0.1) is 5.82 Å². The summed E-state index contributed by atoms with van der Waals surface area (Å²) in [7, 11) is 1.78. The van der Waals surface area contributed by atoms with Gasteiger partial charge in [-0.1, -0.05) is 0 Å². The Bertz CT molecular complexity index is 624. The zero-order valence-electron chi connectivity index (χ0n) is 11.8. The average Bonchev–Trinajstić information content (AvgIpc) is 2.48. The van der Waals surface area contributed by atoms with E-state index in [2.05, 4.69) is 36.5 Å².